The van der Waals surface area contributed by atoms with Crippen LogP contribution in [-0.4, -0.2) is 18.7 Å². The van der Waals surface area contributed by atoms with Gasteiger partial charge in [-0.1, -0.05) is 152 Å². The normalized spacial score (nSPS) is 13.7. The van der Waals surface area contributed by atoms with Crippen LogP contribution in [0.15, 0.2) is 230 Å². The number of aryl methyl sites for hydroxylation is 1. The molecule has 13 aromatic rings. The Morgan fingerprint density at radius 3 is 1.87 bits per heavy atom. The maximum absolute atomic E-state index is 9.06. The highest BCUT2D eigenvalue weighted by atomic mass is 16.5. The molecule has 0 aliphatic rings. The number of fused-ring (bicyclic) bond motifs is 7. The van der Waals surface area contributed by atoms with E-state index in [0.29, 0.717) is 28.2 Å². The highest BCUT2D eigenvalue weighted by Gasteiger charge is 2.21. The summed E-state index contributed by atoms with van der Waals surface area (Å²) in [5.74, 6) is 1.86. The smallest absolute Gasteiger partial charge is 0.269 e. The fraction of sp³-hybridized carbons (Fsp3) is 0.0323. The third kappa shape index (κ3) is 6.49. The quantitative estimate of drug-likeness (QED) is 0.107. The van der Waals surface area contributed by atoms with Crippen molar-refractivity contribution in [3.8, 4) is 56.6 Å². The molecule has 9 aromatic carbocycles. The van der Waals surface area contributed by atoms with Crippen molar-refractivity contribution in [1.29, 1.82) is 0 Å². The molecular formula is C62H43N5O. The van der Waals surface area contributed by atoms with E-state index >= 15 is 0 Å². The molecule has 0 saturated carbocycles. The fourth-order valence-corrected chi connectivity index (χ4v) is 9.64. The molecule has 6 heteroatoms. The van der Waals surface area contributed by atoms with Crippen molar-refractivity contribution in [3.63, 3.8) is 0 Å². The van der Waals surface area contributed by atoms with Gasteiger partial charge >= 0.3 is 0 Å². The van der Waals surface area contributed by atoms with Crippen molar-refractivity contribution in [2.75, 3.05) is 0 Å². The minimum atomic E-state index is -0.568. The predicted octanol–water partition coefficient (Wildman–Crippen LogP) is 15.0. The number of imidazole rings is 1. The van der Waals surface area contributed by atoms with Crippen LogP contribution in [0.1, 0.15) is 26.2 Å². The Labute approximate surface area is 407 Å². The summed E-state index contributed by atoms with van der Waals surface area (Å²) in [5, 5.41) is 4.43. The third-order valence-electron chi connectivity index (χ3n) is 12.7. The lowest BCUT2D eigenvalue weighted by Crippen LogP contribution is -2.31. The van der Waals surface area contributed by atoms with E-state index in [0.717, 1.165) is 56.3 Å². The molecule has 4 aromatic heterocycles. The van der Waals surface area contributed by atoms with Crippen molar-refractivity contribution < 1.29 is 23.0 Å². The molecule has 0 spiro atoms. The second-order valence-electron chi connectivity index (χ2n) is 16.5. The van der Waals surface area contributed by atoms with Gasteiger partial charge in [0.2, 0.25) is 0 Å². The average Bonchev–Trinajstić information content (AvgIpc) is 4.33. The number of aromatic nitrogens is 5. The van der Waals surface area contributed by atoms with Crippen LogP contribution >= 0.6 is 0 Å². The van der Waals surface area contributed by atoms with Gasteiger partial charge in [0.05, 0.1) is 58.2 Å². The number of ether oxygens (including phenoxy) is 1. The van der Waals surface area contributed by atoms with Crippen LogP contribution < -0.4 is 9.30 Å². The van der Waals surface area contributed by atoms with Crippen molar-refractivity contribution in [2.24, 2.45) is 0 Å². The summed E-state index contributed by atoms with van der Waals surface area (Å²) in [6.07, 6.45) is 6.15. The number of benzene rings is 9. The first-order chi connectivity index (χ1) is 37.8. The molecule has 0 bridgehead atoms. The number of nitrogens with zero attached hydrogens (tertiary/aromatic N) is 5. The molecular weight excluding hydrogens is 831 g/mol. The molecule has 0 radical (unpaired) electrons. The van der Waals surface area contributed by atoms with Gasteiger partial charge in [0, 0.05) is 39.5 Å². The van der Waals surface area contributed by atoms with Gasteiger partial charge in [-0.25, -0.2) is 4.98 Å². The largest absolute Gasteiger partial charge is 0.458 e. The van der Waals surface area contributed by atoms with E-state index in [4.69, 9.17) is 23.4 Å². The van der Waals surface area contributed by atoms with Crippen molar-refractivity contribution in [1.82, 2.24) is 18.7 Å². The third-order valence-corrected chi connectivity index (χ3v) is 12.7. The van der Waals surface area contributed by atoms with E-state index in [-0.39, 0.29) is 27.9 Å². The molecule has 0 amide bonds. The predicted molar refractivity (Wildman–Crippen MR) is 277 cm³/mol. The van der Waals surface area contributed by atoms with Gasteiger partial charge in [-0.2, -0.15) is 0 Å². The van der Waals surface area contributed by atoms with Crippen LogP contribution in [0.5, 0.6) is 11.5 Å². The Bertz CT molecular complexity index is 4480. The van der Waals surface area contributed by atoms with Gasteiger partial charge in [-0.15, -0.1) is 0 Å². The topological polar surface area (TPSA) is 40.8 Å². The van der Waals surface area contributed by atoms with Crippen molar-refractivity contribution in [2.45, 2.75) is 13.3 Å². The zero-order valence-electron chi connectivity index (χ0n) is 46.5. The van der Waals surface area contributed by atoms with Crippen LogP contribution in [0.3, 0.4) is 0 Å². The number of para-hydroxylation sites is 5. The van der Waals surface area contributed by atoms with Crippen LogP contribution in [-0.2, 0) is 6.42 Å². The number of rotatable bonds is 9. The summed E-state index contributed by atoms with van der Waals surface area (Å²) in [4.78, 5) is 4.90. The van der Waals surface area contributed by atoms with E-state index in [1.54, 1.807) is 27.3 Å². The van der Waals surface area contributed by atoms with Gasteiger partial charge in [0.15, 0.2) is 0 Å². The first-order valence-electron chi connectivity index (χ1n) is 27.4. The lowest BCUT2D eigenvalue weighted by molar-refractivity contribution is -0.571. The summed E-state index contributed by atoms with van der Waals surface area (Å²) in [7, 11) is 0. The highest BCUT2D eigenvalue weighted by Crippen LogP contribution is 2.39. The van der Waals surface area contributed by atoms with Crippen LogP contribution in [0.25, 0.3) is 99.8 Å². The molecule has 4 heterocycles. The lowest BCUT2D eigenvalue weighted by Gasteiger charge is -2.17. The average molecular weight is 884 g/mol. The summed E-state index contributed by atoms with van der Waals surface area (Å²) in [5.41, 5.74) is 8.36. The standard InChI is InChI=1S/C62H43N5O/c1-2-42-35-36-63-61(37-42)67-57-34-31-46(66-55-27-11-9-23-51(55)52-24-10-12-28-56(52)66)39-54(57)53-33-32-48(40-60(53)67)68-47-22-15-21-45(38-47)64-41-65(59-30-14-13-29-58(59)64)62-49(43-17-5-3-6-18-43)25-16-26-50(62)44-19-7-4-8-20-44/h3-40H,2H2,1H3/i3D,4D,5D,6D,7D,8D,17D,18D,19D,20D. The minimum Gasteiger partial charge on any atom is -0.458 e. The molecule has 6 nitrogen and oxygen atoms in total. The van der Waals surface area contributed by atoms with E-state index in [9.17, 15) is 0 Å². The van der Waals surface area contributed by atoms with Gasteiger partial charge in [-0.05, 0) is 107 Å². The SMILES string of the molecule is [2H]c1c([2H])c([2H])c(-c2cccc(-c3c([2H])c([2H])c([2H])c([2H])c3[2H])c2-[n+]2[c-]n(-c3cccc(Oc4ccc5c6cc(-n7c8ccccc8c8ccccc87)ccc6n(-c6cc(CC)ccn6)c5c4)c3)c3ccccc32)c([2H])c1[2H]. The van der Waals surface area contributed by atoms with E-state index < -0.39 is 60.4 Å². The lowest BCUT2D eigenvalue weighted by atomic mass is 9.95. The van der Waals surface area contributed by atoms with Crippen molar-refractivity contribution >= 4 is 54.6 Å². The Balaban J connectivity index is 0.962. The van der Waals surface area contributed by atoms with E-state index in [1.807, 2.05) is 72.9 Å². The molecule has 68 heavy (non-hydrogen) atoms. The Morgan fingerprint density at radius 1 is 0.515 bits per heavy atom. The summed E-state index contributed by atoms with van der Waals surface area (Å²) in [6, 6.07) is 48.2. The first-order valence-corrected chi connectivity index (χ1v) is 22.4. The molecule has 0 aliphatic heterocycles. The van der Waals surface area contributed by atoms with E-state index in [1.165, 1.54) is 10.8 Å². The van der Waals surface area contributed by atoms with Gasteiger partial charge in [-0.3, -0.25) is 13.7 Å². The van der Waals surface area contributed by atoms with E-state index in [2.05, 4.69) is 101 Å². The first kappa shape index (κ1) is 30.3. The number of hydrogen-bond acceptors (Lipinski definition) is 2. The number of hydrogen-bond donors (Lipinski definition) is 0. The summed E-state index contributed by atoms with van der Waals surface area (Å²) in [6.45, 7) is 2.13. The second-order valence-corrected chi connectivity index (χ2v) is 16.5. The molecule has 0 fully saturated rings. The maximum Gasteiger partial charge on any atom is 0.269 e. The molecule has 322 valence electrons. The molecule has 0 saturated heterocycles. The van der Waals surface area contributed by atoms with Crippen LogP contribution in [0, 0.1) is 6.33 Å². The van der Waals surface area contributed by atoms with Crippen LogP contribution in [0.2, 0.25) is 0 Å². The monoisotopic (exact) mass is 883 g/mol. The Hall–Kier alpha value is -9.00. The number of pyridine rings is 1. The molecule has 0 aliphatic carbocycles. The van der Waals surface area contributed by atoms with Gasteiger partial charge < -0.3 is 9.30 Å². The molecule has 0 atom stereocenters. The second kappa shape index (κ2) is 16.2. The van der Waals surface area contributed by atoms with Crippen molar-refractivity contribution in [3.05, 3.63) is 242 Å². The molecule has 13 rings (SSSR count). The summed E-state index contributed by atoms with van der Waals surface area (Å²) < 4.78 is 102. The zero-order valence-corrected chi connectivity index (χ0v) is 36.5. The zero-order chi connectivity index (χ0) is 53.8. The summed E-state index contributed by atoms with van der Waals surface area (Å²) >= 11 is 0. The fourth-order valence-electron chi connectivity index (χ4n) is 9.64. The molecule has 0 unspecified atom stereocenters. The van der Waals surface area contributed by atoms with Gasteiger partial charge in [0.25, 0.3) is 6.33 Å². The Morgan fingerprint density at radius 2 is 1.15 bits per heavy atom. The minimum absolute atomic E-state index is 0.133. The van der Waals surface area contributed by atoms with Gasteiger partial charge in [0.1, 0.15) is 17.3 Å². The Kier molecular flexibility index (Phi) is 7.19. The molecule has 0 N–H and O–H groups in total. The highest BCUT2D eigenvalue weighted by molar-refractivity contribution is 6.12. The maximum atomic E-state index is 9.06. The van der Waals surface area contributed by atoms with Crippen LogP contribution in [0.4, 0.5) is 0 Å².